The summed E-state index contributed by atoms with van der Waals surface area (Å²) in [5.74, 6) is -0.882. The highest BCUT2D eigenvalue weighted by Gasteiger charge is 2.16. The first-order valence-corrected chi connectivity index (χ1v) is 8.54. The van der Waals surface area contributed by atoms with Crippen molar-refractivity contribution < 1.29 is 14.7 Å². The van der Waals surface area contributed by atoms with Gasteiger partial charge in [0.05, 0.1) is 0 Å². The van der Waals surface area contributed by atoms with Crippen LogP contribution in [0.15, 0.2) is 30.3 Å². The van der Waals surface area contributed by atoms with Crippen molar-refractivity contribution in [1.82, 2.24) is 15.5 Å². The minimum atomic E-state index is -0.882. The third-order valence-electron chi connectivity index (χ3n) is 3.36. The lowest BCUT2D eigenvalue weighted by atomic mass is 10.0. The molecular formula is C16H20N4O3S. The molecule has 0 bridgehead atoms. The number of amides is 2. The molecule has 0 saturated carbocycles. The Bertz CT molecular complexity index is 675. The lowest BCUT2D eigenvalue weighted by molar-refractivity contribution is -0.137. The van der Waals surface area contributed by atoms with Crippen molar-refractivity contribution in [2.24, 2.45) is 0 Å². The Balaban J connectivity index is 1.95. The van der Waals surface area contributed by atoms with Gasteiger partial charge in [-0.05, 0) is 24.8 Å². The molecule has 0 aliphatic rings. The van der Waals surface area contributed by atoms with Crippen molar-refractivity contribution in [3.05, 3.63) is 40.9 Å². The van der Waals surface area contributed by atoms with Gasteiger partial charge in [-0.15, -0.1) is 10.2 Å². The molecule has 2 amide bonds. The molecule has 2 rings (SSSR count). The van der Waals surface area contributed by atoms with E-state index in [0.717, 1.165) is 17.0 Å². The Morgan fingerprint density at radius 3 is 2.62 bits per heavy atom. The Morgan fingerprint density at radius 1 is 1.25 bits per heavy atom. The molecule has 0 aliphatic carbocycles. The predicted octanol–water partition coefficient (Wildman–Crippen LogP) is 2.70. The number of carbonyl (C=O) groups is 2. The first-order chi connectivity index (χ1) is 11.6. The second-order valence-electron chi connectivity index (χ2n) is 5.27. The number of anilines is 1. The number of nitrogens with zero attached hydrogens (tertiary/aromatic N) is 2. The molecule has 1 atom stereocenters. The van der Waals surface area contributed by atoms with Crippen LogP contribution in [0.2, 0.25) is 0 Å². The van der Waals surface area contributed by atoms with Crippen LogP contribution >= 0.6 is 11.3 Å². The van der Waals surface area contributed by atoms with Crippen molar-refractivity contribution in [1.29, 1.82) is 0 Å². The molecule has 0 aliphatic heterocycles. The second-order valence-corrected chi connectivity index (χ2v) is 6.33. The van der Waals surface area contributed by atoms with Crippen LogP contribution in [0.4, 0.5) is 9.93 Å². The SMILES string of the molecule is CCc1nnc(NC(=O)NC(CCC(=O)O)Cc2ccccc2)s1. The van der Waals surface area contributed by atoms with Crippen LogP contribution in [0.25, 0.3) is 0 Å². The normalized spacial score (nSPS) is 11.7. The Hall–Kier alpha value is -2.48. The van der Waals surface area contributed by atoms with E-state index in [1.165, 1.54) is 11.3 Å². The van der Waals surface area contributed by atoms with Gasteiger partial charge in [-0.1, -0.05) is 48.6 Å². The van der Waals surface area contributed by atoms with E-state index in [0.29, 0.717) is 18.0 Å². The quantitative estimate of drug-likeness (QED) is 0.680. The van der Waals surface area contributed by atoms with E-state index >= 15 is 0 Å². The predicted molar refractivity (Wildman–Crippen MR) is 92.2 cm³/mol. The minimum absolute atomic E-state index is 0.00340. The topological polar surface area (TPSA) is 104 Å². The van der Waals surface area contributed by atoms with Gasteiger partial charge >= 0.3 is 12.0 Å². The number of hydrogen-bond acceptors (Lipinski definition) is 5. The largest absolute Gasteiger partial charge is 0.481 e. The molecule has 1 heterocycles. The fourth-order valence-electron chi connectivity index (χ4n) is 2.19. The van der Waals surface area contributed by atoms with E-state index in [-0.39, 0.29) is 12.5 Å². The summed E-state index contributed by atoms with van der Waals surface area (Å²) in [5.41, 5.74) is 1.04. The number of carbonyl (C=O) groups excluding carboxylic acids is 1. The number of rotatable bonds is 8. The zero-order valence-electron chi connectivity index (χ0n) is 13.4. The van der Waals surface area contributed by atoms with Crippen molar-refractivity contribution >= 4 is 28.5 Å². The molecule has 0 saturated heterocycles. The molecule has 128 valence electrons. The van der Waals surface area contributed by atoms with Crippen LogP contribution < -0.4 is 10.6 Å². The van der Waals surface area contributed by atoms with Crippen LogP contribution in [0.3, 0.4) is 0 Å². The number of carboxylic acid groups (broad SMARTS) is 1. The van der Waals surface area contributed by atoms with Gasteiger partial charge in [0.1, 0.15) is 5.01 Å². The zero-order chi connectivity index (χ0) is 17.4. The van der Waals surface area contributed by atoms with Crippen molar-refractivity contribution in [3.63, 3.8) is 0 Å². The maximum Gasteiger partial charge on any atom is 0.321 e. The average molecular weight is 348 g/mol. The molecule has 7 nitrogen and oxygen atoms in total. The summed E-state index contributed by atoms with van der Waals surface area (Å²) in [4.78, 5) is 22.9. The minimum Gasteiger partial charge on any atom is -0.481 e. The summed E-state index contributed by atoms with van der Waals surface area (Å²) in [7, 11) is 0. The fourth-order valence-corrected chi connectivity index (χ4v) is 2.86. The average Bonchev–Trinajstić information content (AvgIpc) is 3.01. The van der Waals surface area contributed by atoms with Crippen LogP contribution in [-0.2, 0) is 17.6 Å². The summed E-state index contributed by atoms with van der Waals surface area (Å²) < 4.78 is 0. The molecule has 0 radical (unpaired) electrons. The second kappa shape index (κ2) is 8.97. The summed E-state index contributed by atoms with van der Waals surface area (Å²) in [6.07, 6.45) is 1.68. The van der Waals surface area contributed by atoms with Crippen LogP contribution in [0.5, 0.6) is 0 Å². The van der Waals surface area contributed by atoms with E-state index in [1.807, 2.05) is 37.3 Å². The van der Waals surface area contributed by atoms with E-state index in [9.17, 15) is 9.59 Å². The van der Waals surface area contributed by atoms with Crippen molar-refractivity contribution in [2.75, 3.05) is 5.32 Å². The van der Waals surface area contributed by atoms with Crippen LogP contribution in [-0.4, -0.2) is 33.3 Å². The number of hydrogen-bond donors (Lipinski definition) is 3. The van der Waals surface area contributed by atoms with E-state index in [2.05, 4.69) is 20.8 Å². The highest BCUT2D eigenvalue weighted by molar-refractivity contribution is 7.15. The zero-order valence-corrected chi connectivity index (χ0v) is 14.2. The summed E-state index contributed by atoms with van der Waals surface area (Å²) in [6, 6.07) is 8.96. The monoisotopic (exact) mass is 348 g/mol. The number of aromatic nitrogens is 2. The lowest BCUT2D eigenvalue weighted by Crippen LogP contribution is -2.39. The third kappa shape index (κ3) is 5.96. The van der Waals surface area contributed by atoms with Gasteiger partial charge in [0.2, 0.25) is 5.13 Å². The molecule has 1 aromatic carbocycles. The maximum absolute atomic E-state index is 12.1. The molecule has 0 fully saturated rings. The third-order valence-corrected chi connectivity index (χ3v) is 4.34. The van der Waals surface area contributed by atoms with Gasteiger partial charge in [-0.25, -0.2) is 4.79 Å². The van der Waals surface area contributed by atoms with E-state index in [4.69, 9.17) is 5.11 Å². The number of aryl methyl sites for hydroxylation is 1. The van der Waals surface area contributed by atoms with Crippen molar-refractivity contribution in [3.8, 4) is 0 Å². The number of nitrogens with one attached hydrogen (secondary N) is 2. The highest BCUT2D eigenvalue weighted by Crippen LogP contribution is 2.15. The maximum atomic E-state index is 12.1. The summed E-state index contributed by atoms with van der Waals surface area (Å²) in [5, 5.41) is 23.5. The fraction of sp³-hybridized carbons (Fsp3) is 0.375. The van der Waals surface area contributed by atoms with Gasteiger partial charge in [0, 0.05) is 12.5 Å². The molecule has 1 aromatic heterocycles. The smallest absolute Gasteiger partial charge is 0.321 e. The number of aliphatic carboxylic acids is 1. The van der Waals surface area contributed by atoms with Gasteiger partial charge in [0.15, 0.2) is 0 Å². The van der Waals surface area contributed by atoms with E-state index in [1.54, 1.807) is 0 Å². The number of carboxylic acids is 1. The standard InChI is InChI=1S/C16H20N4O3S/c1-2-13-19-20-16(24-13)18-15(23)17-12(8-9-14(21)22)10-11-6-4-3-5-7-11/h3-7,12H,2,8-10H2,1H3,(H,21,22)(H2,17,18,20,23). The molecule has 1 unspecified atom stereocenters. The van der Waals surface area contributed by atoms with Crippen molar-refractivity contribution in [2.45, 2.75) is 38.6 Å². The van der Waals surface area contributed by atoms with Gasteiger partial charge in [-0.3, -0.25) is 10.1 Å². The molecule has 2 aromatic rings. The van der Waals surface area contributed by atoms with Crippen LogP contribution in [0.1, 0.15) is 30.3 Å². The van der Waals surface area contributed by atoms with Gasteiger partial charge < -0.3 is 10.4 Å². The van der Waals surface area contributed by atoms with E-state index < -0.39 is 12.0 Å². The summed E-state index contributed by atoms with van der Waals surface area (Å²) in [6.45, 7) is 1.96. The first kappa shape index (κ1) is 17.9. The van der Waals surface area contributed by atoms with Gasteiger partial charge in [-0.2, -0.15) is 0 Å². The number of urea groups is 1. The lowest BCUT2D eigenvalue weighted by Gasteiger charge is -2.18. The summed E-state index contributed by atoms with van der Waals surface area (Å²) >= 11 is 1.32. The Morgan fingerprint density at radius 2 is 2.00 bits per heavy atom. The van der Waals surface area contributed by atoms with Crippen LogP contribution in [0, 0.1) is 0 Å². The molecule has 24 heavy (non-hydrogen) atoms. The molecule has 3 N–H and O–H groups in total. The molecule has 0 spiro atoms. The highest BCUT2D eigenvalue weighted by atomic mass is 32.1. The Kier molecular flexibility index (Phi) is 6.68. The molecule has 8 heteroatoms. The number of benzene rings is 1. The first-order valence-electron chi connectivity index (χ1n) is 7.72. The Labute approximate surface area is 144 Å². The molecular weight excluding hydrogens is 328 g/mol. The van der Waals surface area contributed by atoms with Gasteiger partial charge in [0.25, 0.3) is 0 Å².